The molecule has 11 heavy (non-hydrogen) atoms. The molecule has 0 aromatic carbocycles. The van der Waals surface area contributed by atoms with Crippen molar-refractivity contribution in [1.82, 2.24) is 5.16 Å². The van der Waals surface area contributed by atoms with E-state index in [9.17, 15) is 4.79 Å². The van der Waals surface area contributed by atoms with Crippen molar-refractivity contribution in [2.45, 2.75) is 6.42 Å². The van der Waals surface area contributed by atoms with Gasteiger partial charge in [0.15, 0.2) is 10.9 Å². The molecule has 0 N–H and O–H groups in total. The van der Waals surface area contributed by atoms with E-state index in [1.165, 1.54) is 0 Å². The zero-order valence-corrected chi connectivity index (χ0v) is 7.37. The van der Waals surface area contributed by atoms with Crippen LogP contribution in [-0.4, -0.2) is 10.4 Å². The van der Waals surface area contributed by atoms with Crippen molar-refractivity contribution in [3.05, 3.63) is 15.9 Å². The molecule has 0 radical (unpaired) electrons. The topological polar surface area (TPSA) is 43.1 Å². The Hall–Kier alpha value is -0.250. The van der Waals surface area contributed by atoms with Gasteiger partial charge in [-0.3, -0.25) is 4.79 Å². The Kier molecular flexibility index (Phi) is 2.76. The predicted octanol–water partition coefficient (Wildman–Crippen LogP) is 2.29. The maximum absolute atomic E-state index is 10.4. The van der Waals surface area contributed by atoms with Crippen molar-refractivity contribution in [1.29, 1.82) is 0 Å². The van der Waals surface area contributed by atoms with E-state index in [0.29, 0.717) is 0 Å². The van der Waals surface area contributed by atoms with Crippen LogP contribution >= 0.6 is 34.8 Å². The van der Waals surface area contributed by atoms with E-state index in [-0.39, 0.29) is 22.4 Å². The third-order valence-corrected chi connectivity index (χ3v) is 1.84. The van der Waals surface area contributed by atoms with Gasteiger partial charge in [-0.2, -0.15) is 0 Å². The van der Waals surface area contributed by atoms with Gasteiger partial charge in [-0.15, -0.1) is 0 Å². The molecule has 0 saturated heterocycles. The second-order valence-corrected chi connectivity index (χ2v) is 2.90. The summed E-state index contributed by atoms with van der Waals surface area (Å²) in [6, 6.07) is 0. The molecule has 1 aromatic heterocycles. The van der Waals surface area contributed by atoms with Crippen molar-refractivity contribution in [3.8, 4) is 0 Å². The van der Waals surface area contributed by atoms with Gasteiger partial charge in [0, 0.05) is 0 Å². The molecule has 6 heteroatoms. The molecule has 1 rings (SSSR count). The molecule has 1 heterocycles. The third-order valence-electron chi connectivity index (χ3n) is 0.961. The lowest BCUT2D eigenvalue weighted by atomic mass is 10.3. The van der Waals surface area contributed by atoms with Crippen molar-refractivity contribution in [2.24, 2.45) is 0 Å². The summed E-state index contributed by atoms with van der Waals surface area (Å²) in [5.41, 5.74) is 0. The lowest BCUT2D eigenvalue weighted by Gasteiger charge is -1.86. The van der Waals surface area contributed by atoms with Gasteiger partial charge in [0.05, 0.1) is 6.42 Å². The van der Waals surface area contributed by atoms with Gasteiger partial charge in [-0.1, -0.05) is 28.4 Å². The summed E-state index contributed by atoms with van der Waals surface area (Å²) in [6.45, 7) is 0. The first-order valence-corrected chi connectivity index (χ1v) is 3.72. The maximum atomic E-state index is 10.4. The van der Waals surface area contributed by atoms with E-state index in [2.05, 4.69) is 9.68 Å². The first kappa shape index (κ1) is 8.84. The van der Waals surface area contributed by atoms with Crippen LogP contribution in [0.5, 0.6) is 0 Å². The molecule has 0 saturated carbocycles. The molecule has 60 valence electrons. The highest BCUT2D eigenvalue weighted by Crippen LogP contribution is 2.25. The first-order valence-electron chi connectivity index (χ1n) is 2.59. The van der Waals surface area contributed by atoms with E-state index in [0.717, 1.165) is 0 Å². The molecule has 0 fully saturated rings. The Morgan fingerprint density at radius 1 is 1.55 bits per heavy atom. The van der Waals surface area contributed by atoms with Gasteiger partial charge < -0.3 is 4.52 Å². The molecule has 0 spiro atoms. The molecular weight excluding hydrogens is 212 g/mol. The summed E-state index contributed by atoms with van der Waals surface area (Å²) >= 11 is 16.0. The van der Waals surface area contributed by atoms with Crippen LogP contribution in [0.25, 0.3) is 0 Å². The van der Waals surface area contributed by atoms with E-state index < -0.39 is 5.24 Å². The van der Waals surface area contributed by atoms with Crippen LogP contribution in [0.3, 0.4) is 0 Å². The van der Waals surface area contributed by atoms with Gasteiger partial charge in [0.25, 0.3) is 0 Å². The highest BCUT2D eigenvalue weighted by molar-refractivity contribution is 6.63. The fourth-order valence-electron chi connectivity index (χ4n) is 0.526. The van der Waals surface area contributed by atoms with Crippen LogP contribution in [0.1, 0.15) is 5.76 Å². The second kappa shape index (κ2) is 3.43. The molecule has 0 bridgehead atoms. The zero-order valence-electron chi connectivity index (χ0n) is 5.10. The summed E-state index contributed by atoms with van der Waals surface area (Å²) in [7, 11) is 0. The molecule has 3 nitrogen and oxygen atoms in total. The molecule has 1 aromatic rings. The first-order chi connectivity index (χ1) is 5.11. The number of aromatic nitrogens is 1. The maximum Gasteiger partial charge on any atom is 0.229 e. The normalized spacial score (nSPS) is 10.1. The minimum atomic E-state index is -0.570. The fraction of sp³-hybridized carbons (Fsp3) is 0.200. The number of nitrogens with zero attached hydrogens (tertiary/aromatic N) is 1. The Morgan fingerprint density at radius 3 is 2.55 bits per heavy atom. The largest absolute Gasteiger partial charge is 0.358 e. The van der Waals surface area contributed by atoms with Crippen LogP contribution in [0.2, 0.25) is 10.2 Å². The van der Waals surface area contributed by atoms with Crippen molar-refractivity contribution >= 4 is 40.0 Å². The van der Waals surface area contributed by atoms with E-state index in [4.69, 9.17) is 34.8 Å². The summed E-state index contributed by atoms with van der Waals surface area (Å²) in [4.78, 5) is 10.4. The number of rotatable bonds is 2. The van der Waals surface area contributed by atoms with E-state index in [1.807, 2.05) is 0 Å². The summed E-state index contributed by atoms with van der Waals surface area (Å²) in [5.74, 6) is 0.191. The summed E-state index contributed by atoms with van der Waals surface area (Å²) in [6.07, 6.45) is -0.0971. The van der Waals surface area contributed by atoms with Gasteiger partial charge in [-0.05, 0) is 11.6 Å². The number of halogens is 3. The van der Waals surface area contributed by atoms with Crippen LogP contribution in [0.15, 0.2) is 4.52 Å². The van der Waals surface area contributed by atoms with Crippen LogP contribution in [0.4, 0.5) is 0 Å². The standard InChI is InChI=1S/C5H2Cl3NO2/c6-3(10)1-2-4(7)5(8)9-11-2/h1H2. The lowest BCUT2D eigenvalue weighted by Crippen LogP contribution is -1.91. The summed E-state index contributed by atoms with van der Waals surface area (Å²) < 4.78 is 4.59. The van der Waals surface area contributed by atoms with Crippen LogP contribution in [-0.2, 0) is 11.2 Å². The van der Waals surface area contributed by atoms with Gasteiger partial charge >= 0.3 is 0 Å². The van der Waals surface area contributed by atoms with Crippen LogP contribution in [0, 0.1) is 0 Å². The van der Waals surface area contributed by atoms with Crippen molar-refractivity contribution in [3.63, 3.8) is 0 Å². The van der Waals surface area contributed by atoms with Crippen molar-refractivity contribution in [2.75, 3.05) is 0 Å². The molecule has 0 unspecified atom stereocenters. The lowest BCUT2D eigenvalue weighted by molar-refractivity contribution is -0.111. The quantitative estimate of drug-likeness (QED) is 0.710. The molecular formula is C5H2Cl3NO2. The third kappa shape index (κ3) is 2.09. The zero-order chi connectivity index (χ0) is 8.43. The predicted molar refractivity (Wildman–Crippen MR) is 41.1 cm³/mol. The monoisotopic (exact) mass is 213 g/mol. The molecule has 0 aliphatic rings. The highest BCUT2D eigenvalue weighted by atomic mass is 35.5. The number of carbonyl (C=O) groups excluding carboxylic acids is 1. The van der Waals surface area contributed by atoms with E-state index in [1.54, 1.807) is 0 Å². The molecule has 0 aliphatic heterocycles. The Bertz CT molecular complexity index is 283. The van der Waals surface area contributed by atoms with Gasteiger partial charge in [0.2, 0.25) is 5.24 Å². The average molecular weight is 214 g/mol. The minimum Gasteiger partial charge on any atom is -0.358 e. The SMILES string of the molecule is O=C(Cl)Cc1onc(Cl)c1Cl. The average Bonchev–Trinajstić information content (AvgIpc) is 2.18. The number of carbonyl (C=O) groups is 1. The molecule has 0 atom stereocenters. The van der Waals surface area contributed by atoms with E-state index >= 15 is 0 Å². The van der Waals surface area contributed by atoms with Crippen LogP contribution < -0.4 is 0 Å². The Morgan fingerprint density at radius 2 is 2.18 bits per heavy atom. The van der Waals surface area contributed by atoms with Gasteiger partial charge in [0.1, 0.15) is 5.02 Å². The Balaban J connectivity index is 2.87. The number of hydrogen-bond acceptors (Lipinski definition) is 3. The smallest absolute Gasteiger partial charge is 0.229 e. The molecule has 0 amide bonds. The van der Waals surface area contributed by atoms with Gasteiger partial charge in [-0.25, -0.2) is 0 Å². The Labute approximate surface area is 77.2 Å². The minimum absolute atomic E-state index is 0.0413. The molecule has 0 aliphatic carbocycles. The highest BCUT2D eigenvalue weighted by Gasteiger charge is 2.13. The number of hydrogen-bond donors (Lipinski definition) is 0. The fourth-order valence-corrected chi connectivity index (χ4v) is 0.924. The summed E-state index contributed by atoms with van der Waals surface area (Å²) in [5, 5.41) is 2.93. The van der Waals surface area contributed by atoms with Crippen molar-refractivity contribution < 1.29 is 9.32 Å². The second-order valence-electron chi connectivity index (χ2n) is 1.74.